The van der Waals surface area contributed by atoms with Crippen molar-refractivity contribution < 1.29 is 14.3 Å². The zero-order valence-electron chi connectivity index (χ0n) is 15.8. The van der Waals surface area contributed by atoms with Crippen molar-refractivity contribution in [1.29, 1.82) is 0 Å². The van der Waals surface area contributed by atoms with Gasteiger partial charge < -0.3 is 15.4 Å². The van der Waals surface area contributed by atoms with E-state index in [2.05, 4.69) is 31.5 Å². The van der Waals surface area contributed by atoms with Crippen molar-refractivity contribution in [1.82, 2.24) is 10.3 Å². The molecule has 0 unspecified atom stereocenters. The van der Waals surface area contributed by atoms with Crippen LogP contribution in [0.15, 0.2) is 46.9 Å². The fourth-order valence-corrected chi connectivity index (χ4v) is 3.29. The lowest BCUT2D eigenvalue weighted by Gasteiger charge is -2.11. The molecule has 0 saturated carbocycles. The van der Waals surface area contributed by atoms with E-state index in [1.165, 1.54) is 0 Å². The van der Waals surface area contributed by atoms with Crippen LogP contribution in [0.4, 0.5) is 5.69 Å². The fourth-order valence-electron chi connectivity index (χ4n) is 2.82. The molecule has 3 aromatic rings. The van der Waals surface area contributed by atoms with Crippen molar-refractivity contribution in [3.05, 3.63) is 63.8 Å². The molecule has 0 bridgehead atoms. The van der Waals surface area contributed by atoms with Crippen LogP contribution >= 0.6 is 15.9 Å². The number of aryl methyl sites for hydroxylation is 2. The van der Waals surface area contributed by atoms with Crippen molar-refractivity contribution in [2.45, 2.75) is 13.8 Å². The lowest BCUT2D eigenvalue weighted by atomic mass is 10.1. The molecule has 2 aromatic carbocycles. The minimum Gasteiger partial charge on any atom is -0.497 e. The molecule has 0 aliphatic rings. The number of anilines is 1. The minimum atomic E-state index is -0.342. The summed E-state index contributed by atoms with van der Waals surface area (Å²) in [5, 5.41) is 6.28. The van der Waals surface area contributed by atoms with E-state index >= 15 is 0 Å². The summed E-state index contributed by atoms with van der Waals surface area (Å²) in [7, 11) is 1.59. The summed E-state index contributed by atoms with van der Waals surface area (Å²) >= 11 is 3.39. The third-order valence-corrected chi connectivity index (χ3v) is 4.83. The molecular weight excluding hydrogens is 422 g/mol. The van der Waals surface area contributed by atoms with Gasteiger partial charge in [-0.25, -0.2) is 0 Å². The molecule has 0 fully saturated rings. The number of aromatic nitrogens is 1. The molecular formula is C21H20BrN3O3. The largest absolute Gasteiger partial charge is 0.497 e. The number of carbonyl (C=O) groups excluding carboxylic acids is 2. The Labute approximate surface area is 171 Å². The average Bonchev–Trinajstić information content (AvgIpc) is 2.67. The van der Waals surface area contributed by atoms with Gasteiger partial charge in [-0.2, -0.15) is 0 Å². The molecule has 28 heavy (non-hydrogen) atoms. The van der Waals surface area contributed by atoms with Gasteiger partial charge in [0.1, 0.15) is 5.75 Å². The normalized spacial score (nSPS) is 10.6. The number of methoxy groups -OCH3 is 1. The summed E-state index contributed by atoms with van der Waals surface area (Å²) in [5.74, 6) is 0.0665. The van der Waals surface area contributed by atoms with Gasteiger partial charge in [0.2, 0.25) is 5.91 Å². The molecule has 0 spiro atoms. The first-order valence-electron chi connectivity index (χ1n) is 8.67. The minimum absolute atomic E-state index is 0.131. The highest BCUT2D eigenvalue weighted by Gasteiger charge is 2.14. The van der Waals surface area contributed by atoms with E-state index in [1.54, 1.807) is 20.1 Å². The van der Waals surface area contributed by atoms with Gasteiger partial charge in [-0.1, -0.05) is 15.9 Å². The number of hydrogen-bond donors (Lipinski definition) is 2. The Morgan fingerprint density at radius 1 is 1.11 bits per heavy atom. The quantitative estimate of drug-likeness (QED) is 0.626. The standard InChI is InChI=1S/C21H20BrN3O3/c1-12-8-15(22)5-7-18(12)25-20(26)11-23-21(27)17-9-14-4-6-16(28-3)10-19(14)24-13(17)2/h4-10H,11H2,1-3H3,(H,23,27)(H,25,26). The van der Waals surface area contributed by atoms with Crippen LogP contribution in [-0.2, 0) is 4.79 Å². The Bertz CT molecular complexity index is 1070. The smallest absolute Gasteiger partial charge is 0.253 e. The molecule has 144 valence electrons. The van der Waals surface area contributed by atoms with Crippen LogP contribution in [0.25, 0.3) is 10.9 Å². The van der Waals surface area contributed by atoms with Crippen LogP contribution in [0, 0.1) is 13.8 Å². The van der Waals surface area contributed by atoms with Gasteiger partial charge in [-0.15, -0.1) is 0 Å². The fraction of sp³-hybridized carbons (Fsp3) is 0.190. The Hall–Kier alpha value is -2.93. The lowest BCUT2D eigenvalue weighted by molar-refractivity contribution is -0.115. The van der Waals surface area contributed by atoms with E-state index in [0.29, 0.717) is 22.7 Å². The summed E-state index contributed by atoms with van der Waals surface area (Å²) in [6.45, 7) is 3.53. The van der Waals surface area contributed by atoms with Crippen LogP contribution in [0.5, 0.6) is 5.75 Å². The molecule has 2 amide bonds. The van der Waals surface area contributed by atoms with E-state index in [9.17, 15) is 9.59 Å². The molecule has 0 aliphatic heterocycles. The Kier molecular flexibility index (Phi) is 5.94. The van der Waals surface area contributed by atoms with Gasteiger partial charge in [-0.05, 0) is 55.8 Å². The number of halogens is 1. The van der Waals surface area contributed by atoms with Gasteiger partial charge in [0.05, 0.1) is 30.4 Å². The predicted octanol–water partition coefficient (Wildman–Crippen LogP) is 3.99. The Morgan fingerprint density at radius 3 is 2.61 bits per heavy atom. The van der Waals surface area contributed by atoms with E-state index in [4.69, 9.17) is 4.74 Å². The number of ether oxygens (including phenoxy) is 1. The zero-order chi connectivity index (χ0) is 20.3. The van der Waals surface area contributed by atoms with E-state index in [0.717, 1.165) is 20.9 Å². The van der Waals surface area contributed by atoms with E-state index in [-0.39, 0.29) is 18.4 Å². The summed E-state index contributed by atoms with van der Waals surface area (Å²) in [6, 6.07) is 12.8. The lowest BCUT2D eigenvalue weighted by Crippen LogP contribution is -2.33. The van der Waals surface area contributed by atoms with Crippen LogP contribution < -0.4 is 15.4 Å². The molecule has 6 nitrogen and oxygen atoms in total. The maximum atomic E-state index is 12.5. The topological polar surface area (TPSA) is 80.3 Å². The van der Waals surface area contributed by atoms with Gasteiger partial charge in [0.25, 0.3) is 5.91 Å². The van der Waals surface area contributed by atoms with Crippen molar-refractivity contribution in [2.24, 2.45) is 0 Å². The number of hydrogen-bond acceptors (Lipinski definition) is 4. The van der Waals surface area contributed by atoms with Crippen molar-refractivity contribution >= 4 is 44.3 Å². The summed E-state index contributed by atoms with van der Waals surface area (Å²) in [4.78, 5) is 29.2. The van der Waals surface area contributed by atoms with Crippen LogP contribution in [-0.4, -0.2) is 30.5 Å². The molecule has 0 aliphatic carbocycles. The van der Waals surface area contributed by atoms with Gasteiger partial charge in [-0.3, -0.25) is 14.6 Å². The van der Waals surface area contributed by atoms with Gasteiger partial charge in [0, 0.05) is 21.6 Å². The SMILES string of the molecule is COc1ccc2cc(C(=O)NCC(=O)Nc3ccc(Br)cc3C)c(C)nc2c1. The molecule has 2 N–H and O–H groups in total. The molecule has 0 radical (unpaired) electrons. The highest BCUT2D eigenvalue weighted by Crippen LogP contribution is 2.22. The number of pyridine rings is 1. The van der Waals surface area contributed by atoms with E-state index < -0.39 is 0 Å². The van der Waals surface area contributed by atoms with Gasteiger partial charge in [0.15, 0.2) is 0 Å². The average molecular weight is 442 g/mol. The summed E-state index contributed by atoms with van der Waals surface area (Å²) < 4.78 is 6.14. The van der Waals surface area contributed by atoms with Crippen molar-refractivity contribution in [3.63, 3.8) is 0 Å². The number of fused-ring (bicyclic) bond motifs is 1. The molecule has 0 atom stereocenters. The van der Waals surface area contributed by atoms with Crippen LogP contribution in [0.2, 0.25) is 0 Å². The molecule has 3 rings (SSSR count). The highest BCUT2D eigenvalue weighted by atomic mass is 79.9. The highest BCUT2D eigenvalue weighted by molar-refractivity contribution is 9.10. The van der Waals surface area contributed by atoms with Crippen LogP contribution in [0.3, 0.4) is 0 Å². The van der Waals surface area contributed by atoms with Gasteiger partial charge >= 0.3 is 0 Å². The molecule has 1 heterocycles. The van der Waals surface area contributed by atoms with Crippen molar-refractivity contribution in [2.75, 3.05) is 19.0 Å². The summed E-state index contributed by atoms with van der Waals surface area (Å²) in [6.07, 6.45) is 0. The molecule has 0 saturated heterocycles. The third kappa shape index (κ3) is 4.48. The number of rotatable bonds is 5. The first-order chi connectivity index (χ1) is 13.4. The predicted molar refractivity (Wildman–Crippen MR) is 113 cm³/mol. The molecule has 7 heteroatoms. The monoisotopic (exact) mass is 441 g/mol. The number of nitrogens with zero attached hydrogens (tertiary/aromatic N) is 1. The number of amides is 2. The first-order valence-corrected chi connectivity index (χ1v) is 9.46. The van der Waals surface area contributed by atoms with Crippen LogP contribution in [0.1, 0.15) is 21.6 Å². The van der Waals surface area contributed by atoms with Crippen molar-refractivity contribution in [3.8, 4) is 5.75 Å². The summed E-state index contributed by atoms with van der Waals surface area (Å²) in [5.41, 5.74) is 3.41. The second-order valence-corrected chi connectivity index (χ2v) is 7.29. The second-order valence-electron chi connectivity index (χ2n) is 6.37. The maximum absolute atomic E-state index is 12.5. The number of benzene rings is 2. The Morgan fingerprint density at radius 2 is 1.89 bits per heavy atom. The second kappa shape index (κ2) is 8.39. The maximum Gasteiger partial charge on any atom is 0.253 e. The zero-order valence-corrected chi connectivity index (χ0v) is 17.4. The Balaban J connectivity index is 1.68. The number of nitrogens with one attached hydrogen (secondary N) is 2. The first kappa shape index (κ1) is 19.8. The number of carbonyl (C=O) groups is 2. The van der Waals surface area contributed by atoms with E-state index in [1.807, 2.05) is 43.3 Å². The third-order valence-electron chi connectivity index (χ3n) is 4.33. The molecule has 1 aromatic heterocycles.